The van der Waals surface area contributed by atoms with Crippen molar-refractivity contribution < 1.29 is 18.3 Å². The Morgan fingerprint density at radius 3 is 2.39 bits per heavy atom. The van der Waals surface area contributed by atoms with Crippen molar-refractivity contribution in [2.24, 2.45) is 5.92 Å². The zero-order chi connectivity index (χ0) is 13.2. The van der Waals surface area contributed by atoms with E-state index in [1.807, 2.05) is 0 Å². The molecule has 5 heteroatoms. The Kier molecular flexibility index (Phi) is 3.92. The van der Waals surface area contributed by atoms with Gasteiger partial charge in [0.25, 0.3) is 5.92 Å². The van der Waals surface area contributed by atoms with Crippen LogP contribution in [-0.2, 0) is 0 Å². The number of benzene rings is 1. The number of alkyl halides is 2. The van der Waals surface area contributed by atoms with Gasteiger partial charge >= 0.3 is 0 Å². The molecule has 18 heavy (non-hydrogen) atoms. The quantitative estimate of drug-likeness (QED) is 0.822. The van der Waals surface area contributed by atoms with Crippen LogP contribution in [-0.4, -0.2) is 24.2 Å². The number of nitrogens with one attached hydrogen (secondary N) is 1. The van der Waals surface area contributed by atoms with Crippen molar-refractivity contribution in [1.29, 1.82) is 0 Å². The van der Waals surface area contributed by atoms with Gasteiger partial charge in [0.05, 0.1) is 6.54 Å². The van der Waals surface area contributed by atoms with Crippen LogP contribution in [0.1, 0.15) is 24.4 Å². The topological polar surface area (TPSA) is 32.3 Å². The van der Waals surface area contributed by atoms with Gasteiger partial charge in [-0.15, -0.1) is 0 Å². The second kappa shape index (κ2) is 5.28. The van der Waals surface area contributed by atoms with Crippen LogP contribution in [0.5, 0.6) is 0 Å². The predicted molar refractivity (Wildman–Crippen MR) is 61.9 cm³/mol. The van der Waals surface area contributed by atoms with Gasteiger partial charge < -0.3 is 10.4 Å². The van der Waals surface area contributed by atoms with Gasteiger partial charge in [-0.1, -0.05) is 12.1 Å². The summed E-state index contributed by atoms with van der Waals surface area (Å²) in [7, 11) is 0. The molecule has 1 aliphatic rings. The molecule has 1 atom stereocenters. The zero-order valence-electron chi connectivity index (χ0n) is 9.87. The van der Waals surface area contributed by atoms with Crippen molar-refractivity contribution in [2.45, 2.75) is 24.8 Å². The fraction of sp³-hybridized carbons (Fsp3) is 0.538. The smallest absolute Gasteiger partial charge is 0.282 e. The van der Waals surface area contributed by atoms with E-state index in [9.17, 15) is 13.2 Å². The summed E-state index contributed by atoms with van der Waals surface area (Å²) in [6.07, 6.45) is 1.97. The third-order valence-electron chi connectivity index (χ3n) is 3.13. The number of aliphatic hydroxyl groups excluding tert-OH is 1. The second-order valence-corrected chi connectivity index (χ2v) is 4.76. The highest BCUT2D eigenvalue weighted by Gasteiger charge is 2.35. The summed E-state index contributed by atoms with van der Waals surface area (Å²) in [5, 5.41) is 11.3. The lowest BCUT2D eigenvalue weighted by molar-refractivity contribution is -0.0498. The van der Waals surface area contributed by atoms with Crippen molar-refractivity contribution in [3.63, 3.8) is 0 Å². The van der Waals surface area contributed by atoms with E-state index in [1.165, 1.54) is 12.1 Å². The molecule has 2 N–H and O–H groups in total. The average Bonchev–Trinajstić information content (AvgIpc) is 3.16. The van der Waals surface area contributed by atoms with Crippen molar-refractivity contribution >= 4 is 0 Å². The summed E-state index contributed by atoms with van der Waals surface area (Å²) >= 11 is 0. The molecule has 0 spiro atoms. The normalized spacial score (nSPS) is 17.8. The summed E-state index contributed by atoms with van der Waals surface area (Å²) in [5.41, 5.74) is 0.813. The van der Waals surface area contributed by atoms with Gasteiger partial charge in [0.15, 0.2) is 0 Å². The van der Waals surface area contributed by atoms with E-state index in [-0.39, 0.29) is 11.9 Å². The van der Waals surface area contributed by atoms with Crippen LogP contribution in [0.15, 0.2) is 24.3 Å². The van der Waals surface area contributed by atoms with Crippen molar-refractivity contribution in [3.8, 4) is 0 Å². The van der Waals surface area contributed by atoms with E-state index >= 15 is 0 Å². The third kappa shape index (κ3) is 3.46. The van der Waals surface area contributed by atoms with E-state index < -0.39 is 19.1 Å². The summed E-state index contributed by atoms with van der Waals surface area (Å²) in [4.78, 5) is 0. The minimum atomic E-state index is -3.12. The van der Waals surface area contributed by atoms with E-state index in [4.69, 9.17) is 5.11 Å². The lowest BCUT2D eigenvalue weighted by Gasteiger charge is -2.22. The molecule has 1 saturated carbocycles. The lowest BCUT2D eigenvalue weighted by Crippen LogP contribution is -2.38. The number of halogens is 3. The lowest BCUT2D eigenvalue weighted by atomic mass is 10.0. The number of hydrogen-bond donors (Lipinski definition) is 2. The van der Waals surface area contributed by atoms with E-state index in [0.717, 1.165) is 18.4 Å². The number of aliphatic hydroxyl groups is 1. The second-order valence-electron chi connectivity index (χ2n) is 4.76. The van der Waals surface area contributed by atoms with Gasteiger partial charge in [0, 0.05) is 6.04 Å². The maximum atomic E-state index is 13.0. The average molecular weight is 259 g/mol. The number of hydrogen-bond acceptors (Lipinski definition) is 2. The molecule has 2 rings (SSSR count). The van der Waals surface area contributed by atoms with Crippen LogP contribution in [0.25, 0.3) is 0 Å². The van der Waals surface area contributed by atoms with Crippen molar-refractivity contribution in [3.05, 3.63) is 35.6 Å². The molecule has 0 radical (unpaired) electrons. The molecule has 1 unspecified atom stereocenters. The summed E-state index contributed by atoms with van der Waals surface area (Å²) in [6, 6.07) is 5.70. The van der Waals surface area contributed by atoms with Gasteiger partial charge in [0.2, 0.25) is 0 Å². The van der Waals surface area contributed by atoms with Gasteiger partial charge in [-0.2, -0.15) is 0 Å². The van der Waals surface area contributed by atoms with E-state index in [2.05, 4.69) is 5.32 Å². The van der Waals surface area contributed by atoms with Gasteiger partial charge in [-0.05, 0) is 36.5 Å². The molecular formula is C13H16F3NO. The minimum absolute atomic E-state index is 0.192. The molecule has 2 nitrogen and oxygen atoms in total. The summed E-state index contributed by atoms with van der Waals surface area (Å²) < 4.78 is 38.8. The molecule has 0 aromatic heterocycles. The Balaban J connectivity index is 2.02. The molecule has 0 amide bonds. The molecule has 0 saturated heterocycles. The first-order valence-electron chi connectivity index (χ1n) is 5.99. The Hall–Kier alpha value is -1.07. The summed E-state index contributed by atoms with van der Waals surface area (Å²) in [6.45, 7) is -1.73. The monoisotopic (exact) mass is 259 g/mol. The van der Waals surface area contributed by atoms with Gasteiger partial charge in [-0.25, -0.2) is 13.2 Å². The van der Waals surface area contributed by atoms with E-state index in [0.29, 0.717) is 5.92 Å². The van der Waals surface area contributed by atoms with Crippen LogP contribution < -0.4 is 5.32 Å². The van der Waals surface area contributed by atoms with Crippen LogP contribution in [0.3, 0.4) is 0 Å². The highest BCUT2D eigenvalue weighted by atomic mass is 19.3. The first-order chi connectivity index (χ1) is 8.52. The molecule has 0 bridgehead atoms. The molecule has 0 heterocycles. The molecule has 100 valence electrons. The fourth-order valence-corrected chi connectivity index (χ4v) is 1.97. The molecular weight excluding hydrogens is 243 g/mol. The Morgan fingerprint density at radius 2 is 1.89 bits per heavy atom. The SMILES string of the molecule is OCC(F)(F)CNC(c1ccc(F)cc1)C1CC1. The van der Waals surface area contributed by atoms with E-state index in [1.54, 1.807) is 12.1 Å². The summed E-state index contributed by atoms with van der Waals surface area (Å²) in [5.74, 6) is -3.13. The molecule has 1 aromatic rings. The third-order valence-corrected chi connectivity index (χ3v) is 3.13. The van der Waals surface area contributed by atoms with Gasteiger partial charge in [0.1, 0.15) is 12.4 Å². The molecule has 0 aliphatic heterocycles. The first kappa shape index (κ1) is 13.4. The molecule has 1 fully saturated rings. The Labute approximate surface area is 104 Å². The minimum Gasteiger partial charge on any atom is -0.390 e. The zero-order valence-corrected chi connectivity index (χ0v) is 9.87. The highest BCUT2D eigenvalue weighted by Crippen LogP contribution is 2.41. The first-order valence-corrected chi connectivity index (χ1v) is 5.99. The standard InChI is InChI=1S/C13H16F3NO/c14-11-5-3-10(4-6-11)12(9-1-2-9)17-7-13(15,16)8-18/h3-6,9,12,17-18H,1-2,7-8H2. The van der Waals surface area contributed by atoms with Crippen molar-refractivity contribution in [2.75, 3.05) is 13.2 Å². The molecule has 1 aliphatic carbocycles. The fourth-order valence-electron chi connectivity index (χ4n) is 1.97. The Morgan fingerprint density at radius 1 is 1.28 bits per heavy atom. The largest absolute Gasteiger partial charge is 0.390 e. The maximum Gasteiger partial charge on any atom is 0.282 e. The van der Waals surface area contributed by atoms with Crippen LogP contribution in [0.4, 0.5) is 13.2 Å². The number of rotatable bonds is 6. The van der Waals surface area contributed by atoms with Gasteiger partial charge in [-0.3, -0.25) is 0 Å². The van der Waals surface area contributed by atoms with Crippen molar-refractivity contribution in [1.82, 2.24) is 5.32 Å². The maximum absolute atomic E-state index is 13.0. The van der Waals surface area contributed by atoms with Crippen LogP contribution in [0.2, 0.25) is 0 Å². The highest BCUT2D eigenvalue weighted by molar-refractivity contribution is 5.22. The Bertz CT molecular complexity index is 390. The van der Waals surface area contributed by atoms with Crippen LogP contribution in [0, 0.1) is 11.7 Å². The molecule has 1 aromatic carbocycles. The van der Waals surface area contributed by atoms with Crippen LogP contribution >= 0.6 is 0 Å². The predicted octanol–water partition coefficient (Wildman–Crippen LogP) is 2.49.